The molecule has 3 aliphatic heterocycles. The van der Waals surface area contributed by atoms with Crippen molar-refractivity contribution in [2.24, 2.45) is 5.92 Å². The second-order valence-corrected chi connectivity index (χ2v) is 5.97. The van der Waals surface area contributed by atoms with Gasteiger partial charge in [-0.05, 0) is 6.42 Å². The Morgan fingerprint density at radius 3 is 2.26 bits per heavy atom. The Morgan fingerprint density at radius 2 is 1.63 bits per heavy atom. The fraction of sp³-hybridized carbons (Fsp3) is 1.00. The summed E-state index contributed by atoms with van der Waals surface area (Å²) in [5, 5.41) is 0. The van der Waals surface area contributed by atoms with E-state index in [1.165, 1.54) is 0 Å². The molecule has 0 bridgehead atoms. The number of ether oxygens (including phenoxy) is 5. The van der Waals surface area contributed by atoms with Crippen molar-refractivity contribution < 1.29 is 23.7 Å². The van der Waals surface area contributed by atoms with E-state index >= 15 is 0 Å². The van der Waals surface area contributed by atoms with Crippen molar-refractivity contribution in [1.29, 1.82) is 0 Å². The molecule has 19 heavy (non-hydrogen) atoms. The van der Waals surface area contributed by atoms with Crippen LogP contribution < -0.4 is 0 Å². The van der Waals surface area contributed by atoms with Gasteiger partial charge in [0.15, 0.2) is 11.4 Å². The second-order valence-electron chi connectivity index (χ2n) is 5.97. The summed E-state index contributed by atoms with van der Waals surface area (Å²) >= 11 is 0. The summed E-state index contributed by atoms with van der Waals surface area (Å²) < 4.78 is 30.0. The van der Waals surface area contributed by atoms with E-state index in [0.29, 0.717) is 26.4 Å². The number of fused-ring (bicyclic) bond motifs is 1. The minimum atomic E-state index is -0.611. The maximum Gasteiger partial charge on any atom is 0.200 e. The minimum Gasteiger partial charge on any atom is -0.360 e. The molecule has 108 valence electrons. The number of hydrogen-bond acceptors (Lipinski definition) is 5. The van der Waals surface area contributed by atoms with Gasteiger partial charge in [-0.2, -0.15) is 0 Å². The van der Waals surface area contributed by atoms with Gasteiger partial charge in [0.25, 0.3) is 0 Å². The zero-order valence-corrected chi connectivity index (χ0v) is 11.6. The van der Waals surface area contributed by atoms with Crippen LogP contribution in [0.2, 0.25) is 0 Å². The molecule has 0 aromatic heterocycles. The third-order valence-corrected chi connectivity index (χ3v) is 5.41. The van der Waals surface area contributed by atoms with Gasteiger partial charge < -0.3 is 23.7 Å². The highest BCUT2D eigenvalue weighted by Gasteiger charge is 2.79. The summed E-state index contributed by atoms with van der Waals surface area (Å²) in [6.07, 6.45) is 2.88. The summed E-state index contributed by atoms with van der Waals surface area (Å²) in [6.45, 7) is 6.90. The maximum atomic E-state index is 6.13. The SMILES string of the molecule is CCC1(C23OC2CCC2(OCCO2)C3C)OCCO1. The molecule has 0 aromatic carbocycles. The van der Waals surface area contributed by atoms with Crippen LogP contribution in [0.4, 0.5) is 0 Å². The standard InChI is InChI=1S/C14H22O5/c1-3-13(17-8-9-18-13)14-10(2)12(15-6-7-16-12)5-4-11(14)19-14/h10-11H,3-9H2,1-2H3. The Balaban J connectivity index is 1.70. The van der Waals surface area contributed by atoms with Crippen LogP contribution in [0.25, 0.3) is 0 Å². The summed E-state index contributed by atoms with van der Waals surface area (Å²) in [5.74, 6) is -0.982. The molecule has 5 heteroatoms. The molecule has 0 amide bonds. The van der Waals surface area contributed by atoms with Gasteiger partial charge in [-0.25, -0.2) is 0 Å². The fourth-order valence-corrected chi connectivity index (χ4v) is 4.42. The Hall–Kier alpha value is -0.200. The topological polar surface area (TPSA) is 49.5 Å². The fourth-order valence-electron chi connectivity index (χ4n) is 4.42. The van der Waals surface area contributed by atoms with Crippen molar-refractivity contribution in [3.8, 4) is 0 Å². The van der Waals surface area contributed by atoms with Crippen LogP contribution in [0.5, 0.6) is 0 Å². The zero-order chi connectivity index (χ0) is 13.1. The molecule has 4 rings (SSSR count). The Labute approximate surface area is 113 Å². The molecule has 3 unspecified atom stereocenters. The minimum absolute atomic E-state index is 0.124. The molecule has 1 spiro atoms. The van der Waals surface area contributed by atoms with Gasteiger partial charge in [0.05, 0.1) is 32.5 Å². The van der Waals surface area contributed by atoms with Crippen molar-refractivity contribution in [3.05, 3.63) is 0 Å². The monoisotopic (exact) mass is 270 g/mol. The normalized spacial score (nSPS) is 46.4. The molecule has 5 nitrogen and oxygen atoms in total. The van der Waals surface area contributed by atoms with Crippen molar-refractivity contribution in [3.63, 3.8) is 0 Å². The predicted octanol–water partition coefficient (Wildman–Crippen LogP) is 1.45. The first-order chi connectivity index (χ1) is 9.19. The van der Waals surface area contributed by atoms with Crippen LogP contribution in [0.15, 0.2) is 0 Å². The number of hydrogen-bond donors (Lipinski definition) is 0. The second kappa shape index (κ2) is 3.92. The third-order valence-electron chi connectivity index (χ3n) is 5.41. The molecule has 0 N–H and O–H groups in total. The molecule has 0 radical (unpaired) electrons. The van der Waals surface area contributed by atoms with E-state index in [1.807, 2.05) is 0 Å². The summed E-state index contributed by atoms with van der Waals surface area (Å²) in [7, 11) is 0. The average Bonchev–Trinajstić information content (AvgIpc) is 2.82. The maximum absolute atomic E-state index is 6.13. The smallest absolute Gasteiger partial charge is 0.200 e. The van der Waals surface area contributed by atoms with E-state index in [2.05, 4.69) is 13.8 Å². The highest BCUT2D eigenvalue weighted by atomic mass is 16.8. The molecule has 1 saturated carbocycles. The molecular weight excluding hydrogens is 248 g/mol. The lowest BCUT2D eigenvalue weighted by Gasteiger charge is -2.45. The zero-order valence-electron chi connectivity index (χ0n) is 11.6. The lowest BCUT2D eigenvalue weighted by molar-refractivity contribution is -0.275. The van der Waals surface area contributed by atoms with Crippen LogP contribution in [0.3, 0.4) is 0 Å². The van der Waals surface area contributed by atoms with Gasteiger partial charge in [0.2, 0.25) is 5.79 Å². The summed E-state index contributed by atoms with van der Waals surface area (Å²) in [5.41, 5.74) is -0.388. The number of epoxide rings is 1. The van der Waals surface area contributed by atoms with Crippen molar-refractivity contribution in [2.45, 2.75) is 56.4 Å². The van der Waals surface area contributed by atoms with Crippen LogP contribution in [-0.2, 0) is 23.7 Å². The van der Waals surface area contributed by atoms with E-state index in [4.69, 9.17) is 23.7 Å². The van der Waals surface area contributed by atoms with Crippen molar-refractivity contribution in [1.82, 2.24) is 0 Å². The first-order valence-corrected chi connectivity index (χ1v) is 7.43. The lowest BCUT2D eigenvalue weighted by Crippen LogP contribution is -2.60. The summed E-state index contributed by atoms with van der Waals surface area (Å²) in [4.78, 5) is 0. The van der Waals surface area contributed by atoms with Crippen LogP contribution in [0.1, 0.15) is 33.1 Å². The molecule has 0 aromatic rings. The molecule has 1 aliphatic carbocycles. The number of rotatable bonds is 2. The highest BCUT2D eigenvalue weighted by Crippen LogP contribution is 2.64. The Bertz CT molecular complexity index is 372. The molecular formula is C14H22O5. The van der Waals surface area contributed by atoms with Crippen LogP contribution in [0, 0.1) is 5.92 Å². The van der Waals surface area contributed by atoms with Gasteiger partial charge in [0.1, 0.15) is 0 Å². The highest BCUT2D eigenvalue weighted by molar-refractivity contribution is 5.21. The molecule has 4 fully saturated rings. The van der Waals surface area contributed by atoms with E-state index in [0.717, 1.165) is 19.3 Å². The van der Waals surface area contributed by atoms with Crippen molar-refractivity contribution in [2.75, 3.05) is 26.4 Å². The molecule has 4 aliphatic rings. The largest absolute Gasteiger partial charge is 0.360 e. The molecule has 3 atom stereocenters. The Morgan fingerprint density at radius 1 is 1.00 bits per heavy atom. The first-order valence-electron chi connectivity index (χ1n) is 7.43. The average molecular weight is 270 g/mol. The van der Waals surface area contributed by atoms with Gasteiger partial charge in [-0.1, -0.05) is 13.8 Å². The Kier molecular flexibility index (Phi) is 2.59. The van der Waals surface area contributed by atoms with E-state index in [1.54, 1.807) is 0 Å². The van der Waals surface area contributed by atoms with Crippen LogP contribution in [-0.4, -0.2) is 49.7 Å². The van der Waals surface area contributed by atoms with E-state index in [9.17, 15) is 0 Å². The lowest BCUT2D eigenvalue weighted by atomic mass is 9.70. The van der Waals surface area contributed by atoms with E-state index in [-0.39, 0.29) is 17.6 Å². The van der Waals surface area contributed by atoms with Gasteiger partial charge in [-0.15, -0.1) is 0 Å². The van der Waals surface area contributed by atoms with E-state index < -0.39 is 11.6 Å². The third kappa shape index (κ3) is 1.38. The molecule has 3 saturated heterocycles. The molecule has 3 heterocycles. The predicted molar refractivity (Wildman–Crippen MR) is 65.6 cm³/mol. The quantitative estimate of drug-likeness (QED) is 0.711. The van der Waals surface area contributed by atoms with Crippen molar-refractivity contribution >= 4 is 0 Å². The van der Waals surface area contributed by atoms with Crippen LogP contribution >= 0.6 is 0 Å². The van der Waals surface area contributed by atoms with Gasteiger partial charge in [0, 0.05) is 18.8 Å². The summed E-state index contributed by atoms with van der Waals surface area (Å²) in [6, 6.07) is 0. The van der Waals surface area contributed by atoms with Gasteiger partial charge >= 0.3 is 0 Å². The first kappa shape index (κ1) is 12.5. The van der Waals surface area contributed by atoms with Gasteiger partial charge in [-0.3, -0.25) is 0 Å².